The Kier molecular flexibility index (Phi) is 5.07. The van der Waals surface area contributed by atoms with Gasteiger partial charge in [0.25, 0.3) is 0 Å². The molecule has 0 radical (unpaired) electrons. The van der Waals surface area contributed by atoms with Gasteiger partial charge in [0.1, 0.15) is 11.0 Å². The molecule has 1 heterocycles. The monoisotopic (exact) mass is 365 g/mol. The summed E-state index contributed by atoms with van der Waals surface area (Å²) in [7, 11) is 0. The summed E-state index contributed by atoms with van der Waals surface area (Å²) in [6.45, 7) is 4.25. The molecule has 0 unspecified atom stereocenters. The molecule has 0 saturated heterocycles. The zero-order valence-electron chi connectivity index (χ0n) is 12.3. The van der Waals surface area contributed by atoms with E-state index in [9.17, 15) is 14.9 Å². The summed E-state index contributed by atoms with van der Waals surface area (Å²) < 4.78 is 1.53. The second kappa shape index (κ2) is 6.83. The fourth-order valence-corrected chi connectivity index (χ4v) is 2.59. The first kappa shape index (κ1) is 16.4. The molecule has 0 aliphatic heterocycles. The van der Waals surface area contributed by atoms with Gasteiger partial charge in [-0.1, -0.05) is 38.1 Å². The third-order valence-electron chi connectivity index (χ3n) is 3.10. The van der Waals surface area contributed by atoms with E-state index in [1.807, 2.05) is 12.1 Å². The Balaban J connectivity index is 2.09. The van der Waals surface area contributed by atoms with E-state index >= 15 is 0 Å². The standard InChI is InChI=1S/C15H16BrN3O3/c1-10(2)7-11-3-5-12(6-4-11)14(20)9-18-8-13(16)15(17-18)19(21)22/h3-6,8,10H,7,9H2,1-2H3. The van der Waals surface area contributed by atoms with Crippen molar-refractivity contribution in [2.24, 2.45) is 5.92 Å². The van der Waals surface area contributed by atoms with Crippen LogP contribution in [0.1, 0.15) is 29.8 Å². The number of Topliss-reactive ketones (excluding diaryl/α,β-unsaturated/α-hetero) is 1. The van der Waals surface area contributed by atoms with Crippen molar-refractivity contribution in [3.05, 3.63) is 56.2 Å². The van der Waals surface area contributed by atoms with Crippen molar-refractivity contribution in [1.82, 2.24) is 9.78 Å². The van der Waals surface area contributed by atoms with Crippen molar-refractivity contribution in [2.75, 3.05) is 0 Å². The van der Waals surface area contributed by atoms with Crippen LogP contribution in [0.4, 0.5) is 5.82 Å². The van der Waals surface area contributed by atoms with Crippen molar-refractivity contribution in [2.45, 2.75) is 26.8 Å². The highest BCUT2D eigenvalue weighted by molar-refractivity contribution is 9.10. The highest BCUT2D eigenvalue weighted by Crippen LogP contribution is 2.22. The molecule has 0 saturated carbocycles. The number of rotatable bonds is 6. The lowest BCUT2D eigenvalue weighted by Crippen LogP contribution is -2.11. The van der Waals surface area contributed by atoms with E-state index in [2.05, 4.69) is 34.9 Å². The molecule has 0 N–H and O–H groups in total. The van der Waals surface area contributed by atoms with E-state index in [1.54, 1.807) is 12.1 Å². The van der Waals surface area contributed by atoms with E-state index in [0.717, 1.165) is 6.42 Å². The van der Waals surface area contributed by atoms with Crippen LogP contribution in [0.5, 0.6) is 0 Å². The van der Waals surface area contributed by atoms with Crippen LogP contribution in [-0.4, -0.2) is 20.5 Å². The lowest BCUT2D eigenvalue weighted by Gasteiger charge is -2.05. The highest BCUT2D eigenvalue weighted by atomic mass is 79.9. The van der Waals surface area contributed by atoms with Crippen LogP contribution in [0, 0.1) is 16.0 Å². The number of hydrogen-bond donors (Lipinski definition) is 0. The summed E-state index contributed by atoms with van der Waals surface area (Å²) in [6, 6.07) is 7.45. The second-order valence-electron chi connectivity index (χ2n) is 5.47. The fraction of sp³-hybridized carbons (Fsp3) is 0.333. The number of nitrogens with zero attached hydrogens (tertiary/aromatic N) is 3. The van der Waals surface area contributed by atoms with Gasteiger partial charge in [0.15, 0.2) is 5.78 Å². The van der Waals surface area contributed by atoms with Crippen LogP contribution < -0.4 is 0 Å². The third-order valence-corrected chi connectivity index (χ3v) is 3.66. The molecule has 2 aromatic rings. The van der Waals surface area contributed by atoms with Gasteiger partial charge in [0.05, 0.1) is 11.3 Å². The first-order valence-electron chi connectivity index (χ1n) is 6.86. The van der Waals surface area contributed by atoms with Crippen LogP contribution >= 0.6 is 15.9 Å². The van der Waals surface area contributed by atoms with Crippen molar-refractivity contribution in [3.8, 4) is 0 Å². The highest BCUT2D eigenvalue weighted by Gasteiger charge is 2.20. The molecule has 7 heteroatoms. The predicted octanol–water partition coefficient (Wildman–Crippen LogP) is 3.64. The fourth-order valence-electron chi connectivity index (χ4n) is 2.13. The van der Waals surface area contributed by atoms with Gasteiger partial charge in [0, 0.05) is 5.56 Å². The molecule has 0 fully saturated rings. The first-order chi connectivity index (χ1) is 10.4. The van der Waals surface area contributed by atoms with Crippen molar-refractivity contribution in [1.29, 1.82) is 0 Å². The summed E-state index contributed by atoms with van der Waals surface area (Å²) in [5, 5.41) is 14.5. The number of carbonyl (C=O) groups is 1. The SMILES string of the molecule is CC(C)Cc1ccc(C(=O)Cn2cc(Br)c([N+](=O)[O-])n2)cc1. The van der Waals surface area contributed by atoms with E-state index in [4.69, 9.17) is 0 Å². The van der Waals surface area contributed by atoms with Gasteiger partial charge in [-0.15, -0.1) is 0 Å². The van der Waals surface area contributed by atoms with E-state index in [0.29, 0.717) is 11.5 Å². The smallest absolute Gasteiger partial charge is 0.358 e. The Morgan fingerprint density at radius 2 is 2.00 bits per heavy atom. The van der Waals surface area contributed by atoms with Crippen LogP contribution in [0.3, 0.4) is 0 Å². The Bertz CT molecular complexity index is 693. The lowest BCUT2D eigenvalue weighted by molar-refractivity contribution is -0.390. The van der Waals surface area contributed by atoms with Crippen molar-refractivity contribution >= 4 is 27.5 Å². The Labute approximate surface area is 136 Å². The van der Waals surface area contributed by atoms with Crippen LogP contribution in [0.25, 0.3) is 0 Å². The molecule has 6 nitrogen and oxygen atoms in total. The van der Waals surface area contributed by atoms with E-state index in [1.165, 1.54) is 16.4 Å². The molecule has 0 bridgehead atoms. The molecule has 116 valence electrons. The van der Waals surface area contributed by atoms with Gasteiger partial charge in [-0.25, -0.2) is 0 Å². The zero-order valence-corrected chi connectivity index (χ0v) is 13.9. The summed E-state index contributed by atoms with van der Waals surface area (Å²) in [4.78, 5) is 22.3. The number of hydrogen-bond acceptors (Lipinski definition) is 4. The average molecular weight is 366 g/mol. The predicted molar refractivity (Wildman–Crippen MR) is 85.9 cm³/mol. The van der Waals surface area contributed by atoms with Gasteiger partial charge in [-0.3, -0.25) is 4.79 Å². The second-order valence-corrected chi connectivity index (χ2v) is 6.33. The maximum Gasteiger partial charge on any atom is 0.404 e. The molecule has 2 rings (SSSR count). The number of benzene rings is 1. The number of ketones is 1. The van der Waals surface area contributed by atoms with Crippen LogP contribution in [0.2, 0.25) is 0 Å². The zero-order chi connectivity index (χ0) is 16.3. The number of nitro groups is 1. The topological polar surface area (TPSA) is 78.0 Å². The summed E-state index contributed by atoms with van der Waals surface area (Å²) >= 11 is 3.06. The van der Waals surface area contributed by atoms with Gasteiger partial charge >= 0.3 is 5.82 Å². The van der Waals surface area contributed by atoms with Crippen molar-refractivity contribution in [3.63, 3.8) is 0 Å². The van der Waals surface area contributed by atoms with Gasteiger partial charge in [-0.2, -0.15) is 4.68 Å². The lowest BCUT2D eigenvalue weighted by atomic mass is 10.0. The average Bonchev–Trinajstić information content (AvgIpc) is 2.79. The van der Waals surface area contributed by atoms with Crippen LogP contribution in [-0.2, 0) is 13.0 Å². The van der Waals surface area contributed by atoms with Crippen molar-refractivity contribution < 1.29 is 9.72 Å². The largest absolute Gasteiger partial charge is 0.404 e. The molecule has 1 aromatic heterocycles. The van der Waals surface area contributed by atoms with Gasteiger partial charge in [-0.05, 0) is 38.8 Å². The first-order valence-corrected chi connectivity index (χ1v) is 7.65. The normalized spacial score (nSPS) is 10.9. The van der Waals surface area contributed by atoms with E-state index in [-0.39, 0.29) is 22.6 Å². The maximum atomic E-state index is 12.2. The molecular weight excluding hydrogens is 350 g/mol. The molecule has 0 aliphatic rings. The summed E-state index contributed by atoms with van der Waals surface area (Å²) in [5.74, 6) is 0.129. The summed E-state index contributed by atoms with van der Waals surface area (Å²) in [6.07, 6.45) is 2.40. The molecular formula is C15H16BrN3O3. The van der Waals surface area contributed by atoms with Crippen LogP contribution in [0.15, 0.2) is 34.9 Å². The number of halogens is 1. The molecule has 22 heavy (non-hydrogen) atoms. The molecule has 0 spiro atoms. The number of aromatic nitrogens is 2. The Morgan fingerprint density at radius 3 is 2.50 bits per heavy atom. The Hall–Kier alpha value is -2.02. The quantitative estimate of drug-likeness (QED) is 0.444. The van der Waals surface area contributed by atoms with Gasteiger partial charge in [0.2, 0.25) is 0 Å². The van der Waals surface area contributed by atoms with E-state index < -0.39 is 4.92 Å². The molecule has 0 aliphatic carbocycles. The number of carbonyl (C=O) groups excluding carboxylic acids is 1. The maximum absolute atomic E-state index is 12.2. The minimum absolute atomic E-state index is 0.0318. The minimum atomic E-state index is -0.591. The molecule has 0 amide bonds. The Morgan fingerprint density at radius 1 is 1.36 bits per heavy atom. The van der Waals surface area contributed by atoms with Gasteiger partial charge < -0.3 is 10.1 Å². The molecule has 1 aromatic carbocycles. The molecule has 0 atom stereocenters. The summed E-state index contributed by atoms with van der Waals surface area (Å²) in [5.41, 5.74) is 1.76. The minimum Gasteiger partial charge on any atom is -0.358 e. The third kappa shape index (κ3) is 4.00.